The number of nitrogens with zero attached hydrogens (tertiary/aromatic N) is 2. The molecule has 0 saturated carbocycles. The largest absolute Gasteiger partial charge is 0.326 e. The Kier molecular flexibility index (Phi) is 4.01. The van der Waals surface area contributed by atoms with Crippen molar-refractivity contribution in [2.24, 2.45) is 11.3 Å². The summed E-state index contributed by atoms with van der Waals surface area (Å²) in [5.41, 5.74) is 0.293. The van der Waals surface area contributed by atoms with Gasteiger partial charge in [0.05, 0.1) is 6.61 Å². The monoisotopic (exact) mass is 250 g/mol. The molecule has 1 saturated heterocycles. The third kappa shape index (κ3) is 2.80. The van der Waals surface area contributed by atoms with Crippen LogP contribution in [0.25, 0.3) is 0 Å². The highest BCUT2D eigenvalue weighted by Gasteiger charge is 2.38. The molecule has 0 spiro atoms. The molecule has 0 aromatic heterocycles. The molecule has 0 aliphatic carbocycles. The average Bonchev–Trinajstić information content (AvgIpc) is 2.07. The van der Waals surface area contributed by atoms with E-state index in [1.54, 1.807) is 0 Å². The standard InChI is InChI=1S/C10H23N2OPS/c1-10(2,3)9-7-12(6)14(15,11(4)5)13-8-9/h9H,7-8H2,1-6H3/t9-,14+/m0/s1. The molecule has 0 bridgehead atoms. The van der Waals surface area contributed by atoms with E-state index in [0.29, 0.717) is 11.3 Å². The third-order valence-electron chi connectivity index (χ3n) is 3.09. The van der Waals surface area contributed by atoms with E-state index in [1.807, 2.05) is 14.1 Å². The lowest BCUT2D eigenvalue weighted by atomic mass is 9.81. The second kappa shape index (κ2) is 4.42. The Hall–Kier alpha value is 0.530. The van der Waals surface area contributed by atoms with Crippen molar-refractivity contribution in [3.63, 3.8) is 0 Å². The van der Waals surface area contributed by atoms with Crippen LogP contribution < -0.4 is 0 Å². The smallest absolute Gasteiger partial charge is 0.202 e. The Morgan fingerprint density at radius 2 is 1.93 bits per heavy atom. The van der Waals surface area contributed by atoms with Crippen molar-refractivity contribution in [1.29, 1.82) is 0 Å². The summed E-state index contributed by atoms with van der Waals surface area (Å²) in [5, 5.41) is 0. The highest BCUT2D eigenvalue weighted by atomic mass is 32.5. The third-order valence-corrected chi connectivity index (χ3v) is 7.75. The summed E-state index contributed by atoms with van der Waals surface area (Å²) in [5.74, 6) is 0.568. The Balaban J connectivity index is 2.76. The number of hydrogen-bond donors (Lipinski definition) is 0. The maximum absolute atomic E-state index is 5.96. The maximum Gasteiger partial charge on any atom is 0.202 e. The Morgan fingerprint density at radius 3 is 2.27 bits per heavy atom. The Labute approximate surface area is 99.0 Å². The zero-order valence-corrected chi connectivity index (χ0v) is 12.4. The van der Waals surface area contributed by atoms with Crippen LogP contribution in [0.1, 0.15) is 20.8 Å². The molecule has 0 aromatic carbocycles. The SMILES string of the molecule is CN(C)[P@]1(=S)OC[C@@H](C(C)(C)C)CN1C. The molecule has 1 heterocycles. The van der Waals surface area contributed by atoms with Crippen LogP contribution in [0.5, 0.6) is 0 Å². The van der Waals surface area contributed by atoms with Crippen LogP contribution in [0.3, 0.4) is 0 Å². The fraction of sp³-hybridized carbons (Fsp3) is 1.00. The van der Waals surface area contributed by atoms with Crippen LogP contribution in [0.15, 0.2) is 0 Å². The predicted molar refractivity (Wildman–Crippen MR) is 69.5 cm³/mol. The minimum atomic E-state index is -1.88. The van der Waals surface area contributed by atoms with Crippen molar-refractivity contribution >= 4 is 18.4 Å². The zero-order chi connectivity index (χ0) is 11.9. The maximum atomic E-state index is 5.96. The molecule has 5 heteroatoms. The van der Waals surface area contributed by atoms with E-state index in [1.165, 1.54) is 0 Å². The van der Waals surface area contributed by atoms with Crippen LogP contribution in [-0.4, -0.2) is 43.6 Å². The summed E-state index contributed by atoms with van der Waals surface area (Å²) in [6.07, 6.45) is 0. The van der Waals surface area contributed by atoms with Crippen molar-refractivity contribution in [3.05, 3.63) is 0 Å². The first-order chi connectivity index (χ1) is 6.68. The van der Waals surface area contributed by atoms with Gasteiger partial charge in [-0.05, 0) is 38.4 Å². The summed E-state index contributed by atoms with van der Waals surface area (Å²) in [6.45, 7) is 6.74. The lowest BCUT2D eigenvalue weighted by Crippen LogP contribution is -2.42. The lowest BCUT2D eigenvalue weighted by molar-refractivity contribution is 0.0926. The fourth-order valence-corrected chi connectivity index (χ4v) is 3.90. The van der Waals surface area contributed by atoms with Gasteiger partial charge < -0.3 is 4.52 Å². The molecule has 1 aliphatic heterocycles. The molecular formula is C10H23N2OPS. The van der Waals surface area contributed by atoms with E-state index in [4.69, 9.17) is 16.3 Å². The number of rotatable bonds is 1. The molecule has 15 heavy (non-hydrogen) atoms. The fourth-order valence-electron chi connectivity index (χ4n) is 1.71. The van der Waals surface area contributed by atoms with E-state index in [0.717, 1.165) is 13.2 Å². The summed E-state index contributed by atoms with van der Waals surface area (Å²) in [4.78, 5) is 0. The van der Waals surface area contributed by atoms with Gasteiger partial charge in [-0.2, -0.15) is 0 Å². The van der Waals surface area contributed by atoms with E-state index in [2.05, 4.69) is 37.2 Å². The molecule has 1 aliphatic rings. The van der Waals surface area contributed by atoms with E-state index in [9.17, 15) is 0 Å². The molecule has 0 N–H and O–H groups in total. The molecule has 0 unspecified atom stereocenters. The normalized spacial score (nSPS) is 34.7. The van der Waals surface area contributed by atoms with Crippen molar-refractivity contribution < 1.29 is 4.52 Å². The molecule has 1 fully saturated rings. The van der Waals surface area contributed by atoms with Crippen LogP contribution in [0.4, 0.5) is 0 Å². The van der Waals surface area contributed by atoms with Crippen LogP contribution in [0.2, 0.25) is 0 Å². The minimum Gasteiger partial charge on any atom is -0.326 e. The molecular weight excluding hydrogens is 227 g/mol. The van der Waals surface area contributed by atoms with Gasteiger partial charge in [-0.25, -0.2) is 9.34 Å². The van der Waals surface area contributed by atoms with Crippen LogP contribution >= 0.6 is 6.57 Å². The van der Waals surface area contributed by atoms with Crippen LogP contribution in [0, 0.1) is 11.3 Å². The second-order valence-corrected chi connectivity index (χ2v) is 9.69. The molecule has 0 radical (unpaired) electrons. The molecule has 2 atom stereocenters. The average molecular weight is 250 g/mol. The zero-order valence-electron chi connectivity index (χ0n) is 10.6. The molecule has 90 valence electrons. The van der Waals surface area contributed by atoms with Crippen molar-refractivity contribution in [2.45, 2.75) is 20.8 Å². The predicted octanol–water partition coefficient (Wildman–Crippen LogP) is 2.40. The van der Waals surface area contributed by atoms with Gasteiger partial charge in [0.25, 0.3) is 0 Å². The summed E-state index contributed by atoms with van der Waals surface area (Å²) in [7, 11) is 6.10. The molecule has 0 aromatic rings. The van der Waals surface area contributed by atoms with Gasteiger partial charge in [0.2, 0.25) is 6.57 Å². The lowest BCUT2D eigenvalue weighted by Gasteiger charge is -2.46. The summed E-state index contributed by atoms with van der Waals surface area (Å²) < 4.78 is 10.2. The van der Waals surface area contributed by atoms with Gasteiger partial charge in [0.15, 0.2) is 0 Å². The van der Waals surface area contributed by atoms with E-state index in [-0.39, 0.29) is 0 Å². The van der Waals surface area contributed by atoms with Crippen molar-refractivity contribution in [3.8, 4) is 0 Å². The van der Waals surface area contributed by atoms with Gasteiger partial charge in [-0.15, -0.1) is 0 Å². The molecule has 3 nitrogen and oxygen atoms in total. The molecule has 1 rings (SSSR count). The highest BCUT2D eigenvalue weighted by molar-refractivity contribution is 8.09. The first-order valence-electron chi connectivity index (χ1n) is 5.32. The highest BCUT2D eigenvalue weighted by Crippen LogP contribution is 2.56. The van der Waals surface area contributed by atoms with Gasteiger partial charge in [0.1, 0.15) is 0 Å². The first kappa shape index (κ1) is 13.6. The van der Waals surface area contributed by atoms with E-state index < -0.39 is 6.57 Å². The minimum absolute atomic E-state index is 0.293. The van der Waals surface area contributed by atoms with Gasteiger partial charge in [-0.1, -0.05) is 20.8 Å². The van der Waals surface area contributed by atoms with Crippen LogP contribution in [-0.2, 0) is 16.3 Å². The quantitative estimate of drug-likeness (QED) is 0.664. The Morgan fingerprint density at radius 1 is 1.40 bits per heavy atom. The summed E-state index contributed by atoms with van der Waals surface area (Å²) in [6, 6.07) is 0. The van der Waals surface area contributed by atoms with Gasteiger partial charge >= 0.3 is 0 Å². The van der Waals surface area contributed by atoms with Crippen molar-refractivity contribution in [1.82, 2.24) is 9.34 Å². The van der Waals surface area contributed by atoms with Gasteiger partial charge in [-0.3, -0.25) is 0 Å². The van der Waals surface area contributed by atoms with Gasteiger partial charge in [0, 0.05) is 12.5 Å². The Bertz CT molecular complexity index is 275. The molecule has 0 amide bonds. The van der Waals surface area contributed by atoms with E-state index >= 15 is 0 Å². The first-order valence-corrected chi connectivity index (χ1v) is 7.94. The summed E-state index contributed by atoms with van der Waals surface area (Å²) >= 11 is 5.62. The van der Waals surface area contributed by atoms with Crippen molar-refractivity contribution in [2.75, 3.05) is 34.3 Å². The second-order valence-electron chi connectivity index (χ2n) is 5.54. The topological polar surface area (TPSA) is 15.7 Å². The number of hydrogen-bond acceptors (Lipinski definition) is 2.